The Labute approximate surface area is 157 Å². The minimum atomic E-state index is -0.119. The number of carbonyl (C=O) groups excluding carboxylic acids is 1. The largest absolute Gasteiger partial charge is 0.491 e. The predicted octanol–water partition coefficient (Wildman–Crippen LogP) is 2.43. The molecule has 2 rings (SSSR count). The van der Waals surface area contributed by atoms with Crippen LogP contribution < -0.4 is 15.4 Å². The Morgan fingerprint density at radius 1 is 1.19 bits per heavy atom. The lowest BCUT2D eigenvalue weighted by molar-refractivity contribution is -0.00874. The summed E-state index contributed by atoms with van der Waals surface area (Å²) in [5.41, 5.74) is 1.10. The van der Waals surface area contributed by atoms with E-state index in [2.05, 4.69) is 29.4 Å². The van der Waals surface area contributed by atoms with Crippen molar-refractivity contribution in [2.24, 2.45) is 0 Å². The number of urea groups is 1. The van der Waals surface area contributed by atoms with Crippen LogP contribution in [0.15, 0.2) is 24.3 Å². The van der Waals surface area contributed by atoms with Crippen LogP contribution in [0, 0.1) is 0 Å². The van der Waals surface area contributed by atoms with Crippen LogP contribution >= 0.6 is 0 Å². The van der Waals surface area contributed by atoms with Crippen molar-refractivity contribution in [1.29, 1.82) is 0 Å². The van der Waals surface area contributed by atoms with Crippen LogP contribution in [0.1, 0.15) is 33.3 Å². The monoisotopic (exact) mass is 363 g/mol. The summed E-state index contributed by atoms with van der Waals surface area (Å²) in [6, 6.07) is 7.91. The van der Waals surface area contributed by atoms with Crippen LogP contribution in [0.3, 0.4) is 0 Å². The second kappa shape index (κ2) is 9.78. The molecule has 0 aromatic heterocycles. The molecular formula is C20H33N3O3. The number of hydrogen-bond acceptors (Lipinski definition) is 4. The Hall–Kier alpha value is -1.79. The van der Waals surface area contributed by atoms with Crippen molar-refractivity contribution >= 4 is 6.03 Å². The Balaban J connectivity index is 1.66. The highest BCUT2D eigenvalue weighted by molar-refractivity contribution is 5.73. The average molecular weight is 364 g/mol. The van der Waals surface area contributed by atoms with Crippen LogP contribution in [0.25, 0.3) is 0 Å². The number of morpholine rings is 1. The van der Waals surface area contributed by atoms with E-state index in [1.54, 1.807) is 0 Å². The van der Waals surface area contributed by atoms with Crippen molar-refractivity contribution in [2.45, 2.75) is 45.8 Å². The van der Waals surface area contributed by atoms with Gasteiger partial charge < -0.3 is 20.1 Å². The molecule has 1 fully saturated rings. The standard InChI is InChI=1S/C20H33N3O3/c1-16(2)26-18-7-5-17(6-8-18)9-10-21-19(24)22-15-20(3,4)23-11-13-25-14-12-23/h5-8,16H,9-15H2,1-4H3,(H2,21,22,24). The second-order valence-electron chi connectivity index (χ2n) is 7.58. The first kappa shape index (κ1) is 20.5. The number of rotatable bonds is 8. The molecule has 0 unspecified atom stereocenters. The van der Waals surface area contributed by atoms with Crippen molar-refractivity contribution in [1.82, 2.24) is 15.5 Å². The number of carbonyl (C=O) groups is 1. The predicted molar refractivity (Wildman–Crippen MR) is 104 cm³/mol. The van der Waals surface area contributed by atoms with Crippen molar-refractivity contribution < 1.29 is 14.3 Å². The highest BCUT2D eigenvalue weighted by Gasteiger charge is 2.28. The fourth-order valence-corrected chi connectivity index (χ4v) is 2.97. The maximum atomic E-state index is 12.1. The summed E-state index contributed by atoms with van der Waals surface area (Å²) < 4.78 is 11.0. The molecule has 6 nitrogen and oxygen atoms in total. The number of hydrogen-bond donors (Lipinski definition) is 2. The summed E-state index contributed by atoms with van der Waals surface area (Å²) in [6.45, 7) is 12.9. The summed E-state index contributed by atoms with van der Waals surface area (Å²) in [6.07, 6.45) is 0.968. The lowest BCUT2D eigenvalue weighted by Gasteiger charge is -2.40. The molecule has 1 aromatic carbocycles. The van der Waals surface area contributed by atoms with Crippen LogP contribution in [-0.4, -0.2) is 62.0 Å². The molecule has 0 atom stereocenters. The normalized spacial score (nSPS) is 15.7. The van der Waals surface area contributed by atoms with E-state index in [0.717, 1.165) is 38.5 Å². The summed E-state index contributed by atoms with van der Waals surface area (Å²) in [5, 5.41) is 5.91. The van der Waals surface area contributed by atoms with Gasteiger partial charge in [-0.1, -0.05) is 12.1 Å². The van der Waals surface area contributed by atoms with Crippen molar-refractivity contribution in [3.05, 3.63) is 29.8 Å². The molecule has 1 aromatic rings. The molecule has 0 radical (unpaired) electrons. The van der Waals surface area contributed by atoms with Crippen molar-refractivity contribution in [3.8, 4) is 5.75 Å². The lowest BCUT2D eigenvalue weighted by Crippen LogP contribution is -2.56. The van der Waals surface area contributed by atoms with Crippen molar-refractivity contribution in [3.63, 3.8) is 0 Å². The first-order valence-corrected chi connectivity index (χ1v) is 9.47. The fourth-order valence-electron chi connectivity index (χ4n) is 2.97. The molecule has 146 valence electrons. The second-order valence-corrected chi connectivity index (χ2v) is 7.58. The van der Waals surface area contributed by atoms with Gasteiger partial charge in [-0.15, -0.1) is 0 Å². The molecule has 1 heterocycles. The molecule has 1 aliphatic rings. The summed E-state index contributed by atoms with van der Waals surface area (Å²) in [7, 11) is 0. The van der Waals surface area contributed by atoms with E-state index in [0.29, 0.717) is 13.1 Å². The van der Waals surface area contributed by atoms with Gasteiger partial charge in [0.15, 0.2) is 0 Å². The molecule has 0 saturated carbocycles. The van der Waals surface area contributed by atoms with Gasteiger partial charge in [0, 0.05) is 31.7 Å². The SMILES string of the molecule is CC(C)Oc1ccc(CCNC(=O)NCC(C)(C)N2CCOCC2)cc1. The van der Waals surface area contributed by atoms with Crippen molar-refractivity contribution in [2.75, 3.05) is 39.4 Å². The average Bonchev–Trinajstić information content (AvgIpc) is 2.62. The van der Waals surface area contributed by atoms with Gasteiger partial charge in [-0.2, -0.15) is 0 Å². The molecule has 1 saturated heterocycles. The zero-order chi connectivity index (χ0) is 19.0. The van der Waals surface area contributed by atoms with E-state index in [-0.39, 0.29) is 17.7 Å². The maximum absolute atomic E-state index is 12.1. The molecule has 2 amide bonds. The van der Waals surface area contributed by atoms with E-state index in [1.165, 1.54) is 5.56 Å². The maximum Gasteiger partial charge on any atom is 0.314 e. The number of amides is 2. The fraction of sp³-hybridized carbons (Fsp3) is 0.650. The zero-order valence-electron chi connectivity index (χ0n) is 16.5. The molecule has 6 heteroatoms. The highest BCUT2D eigenvalue weighted by Crippen LogP contribution is 2.15. The van der Waals surface area contributed by atoms with E-state index in [1.807, 2.05) is 38.1 Å². The number of ether oxygens (including phenoxy) is 2. The Morgan fingerprint density at radius 2 is 1.85 bits per heavy atom. The number of nitrogens with zero attached hydrogens (tertiary/aromatic N) is 1. The summed E-state index contributed by atoms with van der Waals surface area (Å²) in [5.74, 6) is 0.875. The topological polar surface area (TPSA) is 62.8 Å². The van der Waals surface area contributed by atoms with Crippen LogP contribution in [0.4, 0.5) is 4.79 Å². The molecular weight excluding hydrogens is 330 g/mol. The Morgan fingerprint density at radius 3 is 2.46 bits per heavy atom. The van der Waals surface area contributed by atoms with Gasteiger partial charge in [0.25, 0.3) is 0 Å². The number of nitrogens with one attached hydrogen (secondary N) is 2. The van der Waals surface area contributed by atoms with Gasteiger partial charge in [0.05, 0.1) is 19.3 Å². The summed E-state index contributed by atoms with van der Waals surface area (Å²) >= 11 is 0. The van der Waals surface area contributed by atoms with E-state index in [9.17, 15) is 4.79 Å². The van der Waals surface area contributed by atoms with Gasteiger partial charge in [-0.05, 0) is 51.8 Å². The van der Waals surface area contributed by atoms with Gasteiger partial charge in [0.2, 0.25) is 0 Å². The highest BCUT2D eigenvalue weighted by atomic mass is 16.5. The smallest absolute Gasteiger partial charge is 0.314 e. The Kier molecular flexibility index (Phi) is 7.72. The van der Waals surface area contributed by atoms with Gasteiger partial charge >= 0.3 is 6.03 Å². The third-order valence-electron chi connectivity index (χ3n) is 4.54. The molecule has 1 aliphatic heterocycles. The summed E-state index contributed by atoms with van der Waals surface area (Å²) in [4.78, 5) is 14.4. The molecule has 0 aliphatic carbocycles. The van der Waals surface area contributed by atoms with Crippen LogP contribution in [0.2, 0.25) is 0 Å². The number of benzene rings is 1. The first-order chi connectivity index (χ1) is 12.4. The minimum absolute atomic E-state index is 0.0760. The molecule has 0 spiro atoms. The van der Waals surface area contributed by atoms with Gasteiger partial charge in [-0.3, -0.25) is 4.90 Å². The minimum Gasteiger partial charge on any atom is -0.491 e. The van der Waals surface area contributed by atoms with Gasteiger partial charge in [0.1, 0.15) is 5.75 Å². The van der Waals surface area contributed by atoms with E-state index in [4.69, 9.17) is 9.47 Å². The zero-order valence-corrected chi connectivity index (χ0v) is 16.5. The van der Waals surface area contributed by atoms with E-state index >= 15 is 0 Å². The molecule has 26 heavy (non-hydrogen) atoms. The Bertz CT molecular complexity index is 552. The third kappa shape index (κ3) is 6.84. The van der Waals surface area contributed by atoms with Crippen LogP contribution in [0.5, 0.6) is 5.75 Å². The lowest BCUT2D eigenvalue weighted by atomic mass is 10.0. The first-order valence-electron chi connectivity index (χ1n) is 9.47. The third-order valence-corrected chi connectivity index (χ3v) is 4.54. The van der Waals surface area contributed by atoms with Gasteiger partial charge in [-0.25, -0.2) is 4.79 Å². The molecule has 2 N–H and O–H groups in total. The molecule has 0 bridgehead atoms. The van der Waals surface area contributed by atoms with Crippen LogP contribution in [-0.2, 0) is 11.2 Å². The quantitative estimate of drug-likeness (QED) is 0.745. The van der Waals surface area contributed by atoms with E-state index < -0.39 is 0 Å².